The van der Waals surface area contributed by atoms with Crippen LogP contribution in [0.2, 0.25) is 5.02 Å². The van der Waals surface area contributed by atoms with Crippen molar-refractivity contribution in [3.05, 3.63) is 64.3 Å². The zero-order chi connectivity index (χ0) is 18.7. The second-order valence-electron chi connectivity index (χ2n) is 6.26. The molecule has 0 spiro atoms. The van der Waals surface area contributed by atoms with Gasteiger partial charge < -0.3 is 10.3 Å². The third-order valence-corrected chi connectivity index (χ3v) is 4.82. The van der Waals surface area contributed by atoms with E-state index in [1.807, 2.05) is 43.3 Å². The van der Waals surface area contributed by atoms with Gasteiger partial charge in [0, 0.05) is 33.8 Å². The number of fused-ring (bicyclic) bond motifs is 1. The molecule has 132 valence electrons. The number of nitriles is 1. The minimum atomic E-state index is -0.0718. The van der Waals surface area contributed by atoms with Crippen LogP contribution in [-0.4, -0.2) is 16.9 Å². The summed E-state index contributed by atoms with van der Waals surface area (Å²) in [5.74, 6) is -0.0718. The summed E-state index contributed by atoms with van der Waals surface area (Å²) >= 11 is 6.03. The van der Waals surface area contributed by atoms with Gasteiger partial charge in [-0.25, -0.2) is 0 Å². The molecule has 0 atom stereocenters. The number of nitrogens with two attached hydrogens (primary N) is 1. The zero-order valence-electron chi connectivity index (χ0n) is 14.6. The van der Waals surface area contributed by atoms with Gasteiger partial charge in [0.2, 0.25) is 0 Å². The van der Waals surface area contributed by atoms with Crippen LogP contribution in [0.15, 0.2) is 42.5 Å². The van der Waals surface area contributed by atoms with Crippen molar-refractivity contribution in [2.75, 3.05) is 6.54 Å². The maximum Gasteiger partial charge on any atom is 0.178 e. The minimum absolute atomic E-state index is 0.0233. The fourth-order valence-corrected chi connectivity index (χ4v) is 3.49. The molecule has 0 aliphatic carbocycles. The van der Waals surface area contributed by atoms with Crippen molar-refractivity contribution >= 4 is 28.3 Å². The van der Waals surface area contributed by atoms with Gasteiger partial charge >= 0.3 is 0 Å². The van der Waals surface area contributed by atoms with E-state index in [1.165, 1.54) is 0 Å². The predicted octanol–water partition coefficient (Wildman–Crippen LogP) is 4.58. The summed E-state index contributed by atoms with van der Waals surface area (Å²) in [5, 5.41) is 10.3. The Hall–Kier alpha value is -2.61. The number of ketones is 1. The van der Waals surface area contributed by atoms with Gasteiger partial charge in [-0.15, -0.1) is 0 Å². The maximum atomic E-state index is 12.4. The first-order chi connectivity index (χ1) is 12.6. The smallest absolute Gasteiger partial charge is 0.178 e. The molecule has 0 unspecified atom stereocenters. The third-order valence-electron chi connectivity index (χ3n) is 4.57. The van der Waals surface area contributed by atoms with Crippen molar-refractivity contribution in [2.45, 2.75) is 26.2 Å². The van der Waals surface area contributed by atoms with E-state index in [1.54, 1.807) is 0 Å². The van der Waals surface area contributed by atoms with Crippen LogP contribution in [0, 0.1) is 18.3 Å². The number of aryl methyl sites for hydroxylation is 1. The minimum Gasteiger partial charge on any atom is -0.324 e. The van der Waals surface area contributed by atoms with E-state index in [9.17, 15) is 4.79 Å². The molecule has 0 saturated heterocycles. The van der Waals surface area contributed by atoms with Crippen LogP contribution >= 0.6 is 11.6 Å². The first-order valence-corrected chi connectivity index (χ1v) is 8.94. The number of aromatic nitrogens is 1. The summed E-state index contributed by atoms with van der Waals surface area (Å²) < 4.78 is 2.07. The van der Waals surface area contributed by atoms with Gasteiger partial charge in [-0.2, -0.15) is 5.26 Å². The monoisotopic (exact) mass is 365 g/mol. The number of unbranched alkanes of at least 4 members (excludes halogenated alkanes) is 1. The zero-order valence-corrected chi connectivity index (χ0v) is 15.4. The molecule has 1 aromatic heterocycles. The molecule has 5 heteroatoms. The number of halogens is 1. The lowest BCUT2D eigenvalue weighted by Crippen LogP contribution is -2.14. The van der Waals surface area contributed by atoms with Crippen LogP contribution < -0.4 is 5.73 Å². The number of carbonyl (C=O) groups excluding carboxylic acids is 1. The molecule has 26 heavy (non-hydrogen) atoms. The summed E-state index contributed by atoms with van der Waals surface area (Å²) in [5.41, 5.74) is 10.2. The average molecular weight is 366 g/mol. The first kappa shape index (κ1) is 18.2. The summed E-state index contributed by atoms with van der Waals surface area (Å²) in [6.07, 6.45) is 2.18. The number of nitrogens with zero attached hydrogens (tertiary/aromatic N) is 2. The average Bonchev–Trinajstić information content (AvgIpc) is 2.93. The van der Waals surface area contributed by atoms with Crippen molar-refractivity contribution in [3.63, 3.8) is 0 Å². The third kappa shape index (κ3) is 3.37. The van der Waals surface area contributed by atoms with Crippen molar-refractivity contribution in [3.8, 4) is 11.8 Å². The summed E-state index contributed by atoms with van der Waals surface area (Å²) in [6, 6.07) is 15.8. The second kappa shape index (κ2) is 7.74. The number of rotatable bonds is 6. The number of Topliss-reactive ketones (excluding diaryl/α,β-unsaturated/α-hetero) is 1. The standard InChI is InChI=1S/C21H20ClN3O/c1-14-21(20(26)13-24)18-10-5-15(4-2-3-11-23)12-19(18)25(14)17-8-6-16(22)7-9-17/h5-10,12H,2-4,13,24H2,1H3. The molecule has 2 N–H and O–H groups in total. The van der Waals surface area contributed by atoms with Gasteiger partial charge in [-0.05, 0) is 55.7 Å². The Morgan fingerprint density at radius 2 is 1.96 bits per heavy atom. The SMILES string of the molecule is Cc1c(C(=O)CN)c2ccc(CCCC#N)cc2n1-c1ccc(Cl)cc1. The van der Waals surface area contributed by atoms with Crippen LogP contribution in [0.1, 0.15) is 34.5 Å². The highest BCUT2D eigenvalue weighted by molar-refractivity contribution is 6.30. The quantitative estimate of drug-likeness (QED) is 0.513. The molecule has 3 rings (SSSR count). The molecule has 0 fully saturated rings. The molecular weight excluding hydrogens is 346 g/mol. The van der Waals surface area contributed by atoms with Crippen molar-refractivity contribution < 1.29 is 4.79 Å². The topological polar surface area (TPSA) is 71.8 Å². The number of benzene rings is 2. The van der Waals surface area contributed by atoms with Gasteiger partial charge in [0.25, 0.3) is 0 Å². The molecule has 0 aliphatic rings. The van der Waals surface area contributed by atoms with Crippen LogP contribution in [0.3, 0.4) is 0 Å². The van der Waals surface area contributed by atoms with Crippen LogP contribution in [0.25, 0.3) is 16.6 Å². The van der Waals surface area contributed by atoms with E-state index in [-0.39, 0.29) is 12.3 Å². The second-order valence-corrected chi connectivity index (χ2v) is 6.70. The van der Waals surface area contributed by atoms with E-state index >= 15 is 0 Å². The largest absolute Gasteiger partial charge is 0.324 e. The summed E-state index contributed by atoms with van der Waals surface area (Å²) in [4.78, 5) is 12.4. The highest BCUT2D eigenvalue weighted by atomic mass is 35.5. The van der Waals surface area contributed by atoms with Crippen LogP contribution in [0.5, 0.6) is 0 Å². The van der Waals surface area contributed by atoms with Crippen molar-refractivity contribution in [1.29, 1.82) is 5.26 Å². The molecule has 4 nitrogen and oxygen atoms in total. The van der Waals surface area contributed by atoms with E-state index in [0.717, 1.165) is 40.7 Å². The molecule has 3 aromatic rings. The molecule has 2 aromatic carbocycles. The Labute approximate surface area is 157 Å². The lowest BCUT2D eigenvalue weighted by molar-refractivity contribution is 0.100. The van der Waals surface area contributed by atoms with Crippen LogP contribution in [-0.2, 0) is 6.42 Å². The molecule has 0 bridgehead atoms. The van der Waals surface area contributed by atoms with Gasteiger partial charge in [-0.1, -0.05) is 23.7 Å². The molecule has 0 radical (unpaired) electrons. The Balaban J connectivity index is 2.21. The Morgan fingerprint density at radius 3 is 2.62 bits per heavy atom. The molecule has 0 aliphatic heterocycles. The van der Waals surface area contributed by atoms with Gasteiger partial charge in [0.15, 0.2) is 5.78 Å². The highest BCUT2D eigenvalue weighted by Crippen LogP contribution is 2.31. The Kier molecular flexibility index (Phi) is 5.41. The maximum absolute atomic E-state index is 12.4. The lowest BCUT2D eigenvalue weighted by Gasteiger charge is -2.10. The fraction of sp³-hybridized carbons (Fsp3) is 0.238. The number of hydrogen-bond acceptors (Lipinski definition) is 3. The normalized spacial score (nSPS) is 10.8. The molecular formula is C21H20ClN3O. The van der Waals surface area contributed by atoms with Crippen LogP contribution in [0.4, 0.5) is 0 Å². The van der Waals surface area contributed by atoms with E-state index in [2.05, 4.69) is 16.7 Å². The van der Waals surface area contributed by atoms with E-state index < -0.39 is 0 Å². The number of hydrogen-bond donors (Lipinski definition) is 1. The number of carbonyl (C=O) groups is 1. The van der Waals surface area contributed by atoms with Crippen molar-refractivity contribution in [1.82, 2.24) is 4.57 Å². The molecule has 0 amide bonds. The van der Waals surface area contributed by atoms with E-state index in [4.69, 9.17) is 22.6 Å². The van der Waals surface area contributed by atoms with Gasteiger partial charge in [0.05, 0.1) is 18.1 Å². The fourth-order valence-electron chi connectivity index (χ4n) is 3.37. The molecule has 1 heterocycles. The van der Waals surface area contributed by atoms with Crippen molar-refractivity contribution in [2.24, 2.45) is 5.73 Å². The Bertz CT molecular complexity index is 997. The van der Waals surface area contributed by atoms with Gasteiger partial charge in [-0.3, -0.25) is 4.79 Å². The highest BCUT2D eigenvalue weighted by Gasteiger charge is 2.20. The van der Waals surface area contributed by atoms with Gasteiger partial charge in [0.1, 0.15) is 0 Å². The van der Waals surface area contributed by atoms with E-state index in [0.29, 0.717) is 17.0 Å². The summed E-state index contributed by atoms with van der Waals surface area (Å²) in [7, 11) is 0. The summed E-state index contributed by atoms with van der Waals surface area (Å²) in [6.45, 7) is 1.91. The molecule has 0 saturated carbocycles. The Morgan fingerprint density at radius 1 is 1.23 bits per heavy atom. The predicted molar refractivity (Wildman–Crippen MR) is 105 cm³/mol. The first-order valence-electron chi connectivity index (χ1n) is 8.57. The lowest BCUT2D eigenvalue weighted by atomic mass is 10.0.